The van der Waals surface area contributed by atoms with Crippen molar-refractivity contribution in [2.75, 3.05) is 32.8 Å². The van der Waals surface area contributed by atoms with Crippen LogP contribution in [-0.4, -0.2) is 77.6 Å². The van der Waals surface area contributed by atoms with E-state index in [1.54, 1.807) is 5.38 Å². The molecular formula is C19H28N4O3S. The molecular weight excluding hydrogens is 364 g/mol. The zero-order chi connectivity index (χ0) is 18.8. The van der Waals surface area contributed by atoms with Gasteiger partial charge >= 0.3 is 0 Å². The number of hydrogen-bond donors (Lipinski definition) is 1. The van der Waals surface area contributed by atoms with Crippen LogP contribution < -0.4 is 5.32 Å². The lowest BCUT2D eigenvalue weighted by Gasteiger charge is -2.45. The van der Waals surface area contributed by atoms with Crippen molar-refractivity contribution >= 4 is 23.2 Å². The number of carbonyl (C=O) groups is 2. The third-order valence-electron chi connectivity index (χ3n) is 6.04. The van der Waals surface area contributed by atoms with E-state index in [4.69, 9.17) is 4.74 Å². The average Bonchev–Trinajstić information content (AvgIpc) is 3.07. The number of piperidine rings is 1. The van der Waals surface area contributed by atoms with E-state index in [1.165, 1.54) is 30.6 Å². The van der Waals surface area contributed by atoms with Crippen molar-refractivity contribution in [3.05, 3.63) is 16.1 Å². The van der Waals surface area contributed by atoms with Crippen molar-refractivity contribution in [3.63, 3.8) is 0 Å². The van der Waals surface area contributed by atoms with Crippen molar-refractivity contribution in [1.82, 2.24) is 20.1 Å². The number of hydrogen-bond acceptors (Lipinski definition) is 6. The van der Waals surface area contributed by atoms with E-state index in [9.17, 15) is 9.59 Å². The highest BCUT2D eigenvalue weighted by atomic mass is 32.1. The van der Waals surface area contributed by atoms with Crippen LogP contribution in [0.15, 0.2) is 5.38 Å². The summed E-state index contributed by atoms with van der Waals surface area (Å²) < 4.78 is 5.65. The average molecular weight is 393 g/mol. The van der Waals surface area contributed by atoms with Crippen molar-refractivity contribution in [2.24, 2.45) is 0 Å². The molecule has 0 unspecified atom stereocenters. The van der Waals surface area contributed by atoms with Crippen LogP contribution in [0.4, 0.5) is 0 Å². The van der Waals surface area contributed by atoms with Crippen molar-refractivity contribution in [1.29, 1.82) is 0 Å². The molecule has 1 atom stereocenters. The van der Waals surface area contributed by atoms with E-state index in [1.807, 2.05) is 11.8 Å². The summed E-state index contributed by atoms with van der Waals surface area (Å²) in [6.07, 6.45) is 5.96. The van der Waals surface area contributed by atoms with E-state index in [-0.39, 0.29) is 24.5 Å². The Morgan fingerprint density at radius 2 is 2.07 bits per heavy atom. The number of thiazole rings is 1. The molecule has 27 heavy (non-hydrogen) atoms. The fourth-order valence-corrected chi connectivity index (χ4v) is 4.79. The van der Waals surface area contributed by atoms with Crippen LogP contribution in [0.3, 0.4) is 0 Å². The molecule has 0 radical (unpaired) electrons. The molecule has 4 rings (SSSR count). The molecule has 1 aromatic rings. The quantitative estimate of drug-likeness (QED) is 0.820. The maximum absolute atomic E-state index is 12.4. The second-order valence-corrected chi connectivity index (χ2v) is 8.85. The van der Waals surface area contributed by atoms with Crippen LogP contribution in [0.1, 0.15) is 47.6 Å². The SMILES string of the molecule is Cc1nc(C(=O)NC[C@@H]2CN(C3CCN(C4CCC4)CC3)C(=O)CO2)cs1. The number of morpholine rings is 1. The smallest absolute Gasteiger partial charge is 0.270 e. The normalized spacial score (nSPS) is 25.4. The molecule has 0 bridgehead atoms. The van der Waals surface area contributed by atoms with Gasteiger partial charge in [0.25, 0.3) is 5.91 Å². The third-order valence-corrected chi connectivity index (χ3v) is 6.81. The predicted octanol–water partition coefficient (Wildman–Crippen LogP) is 1.43. The molecule has 2 aliphatic heterocycles. The summed E-state index contributed by atoms with van der Waals surface area (Å²) in [5.74, 6) is -0.102. The molecule has 0 spiro atoms. The lowest BCUT2D eigenvalue weighted by molar-refractivity contribution is -0.153. The number of aromatic nitrogens is 1. The van der Waals surface area contributed by atoms with E-state index in [2.05, 4.69) is 15.2 Å². The summed E-state index contributed by atoms with van der Waals surface area (Å²) >= 11 is 1.46. The Bertz CT molecular complexity index is 682. The number of aryl methyl sites for hydroxylation is 1. The van der Waals surface area contributed by atoms with Gasteiger partial charge in [0.05, 0.1) is 11.1 Å². The standard InChI is InChI=1S/C19H28N4O3S/c1-13-21-17(12-27-13)19(25)20-9-16-10-23(18(24)11-26-16)15-5-7-22(8-6-15)14-3-2-4-14/h12,14-16H,2-11H2,1H3,(H,20,25)/t16-/m1/s1. The van der Waals surface area contributed by atoms with Gasteiger partial charge in [-0.3, -0.25) is 9.59 Å². The number of nitrogens with one attached hydrogen (secondary N) is 1. The third kappa shape index (κ3) is 4.33. The Morgan fingerprint density at radius 1 is 1.30 bits per heavy atom. The Labute approximate surface area is 164 Å². The summed E-state index contributed by atoms with van der Waals surface area (Å²) in [4.78, 5) is 33.3. The Hall–Kier alpha value is -1.51. The molecule has 3 heterocycles. The minimum Gasteiger partial charge on any atom is -0.365 e. The molecule has 1 aromatic heterocycles. The fraction of sp³-hybridized carbons (Fsp3) is 0.737. The highest BCUT2D eigenvalue weighted by Gasteiger charge is 2.35. The van der Waals surface area contributed by atoms with Gasteiger partial charge in [0, 0.05) is 43.6 Å². The van der Waals surface area contributed by atoms with Crippen LogP contribution >= 0.6 is 11.3 Å². The van der Waals surface area contributed by atoms with Gasteiger partial charge in [0.2, 0.25) is 5.91 Å². The van der Waals surface area contributed by atoms with Gasteiger partial charge in [-0.15, -0.1) is 11.3 Å². The predicted molar refractivity (Wildman–Crippen MR) is 103 cm³/mol. The Morgan fingerprint density at radius 3 is 2.70 bits per heavy atom. The molecule has 1 N–H and O–H groups in total. The summed E-state index contributed by atoms with van der Waals surface area (Å²) in [6, 6.07) is 1.08. The number of amides is 2. The van der Waals surface area contributed by atoms with Crippen LogP contribution in [0, 0.1) is 6.92 Å². The summed E-state index contributed by atoms with van der Waals surface area (Å²) in [6.45, 7) is 5.13. The largest absolute Gasteiger partial charge is 0.365 e. The fourth-order valence-electron chi connectivity index (χ4n) is 4.20. The summed E-state index contributed by atoms with van der Waals surface area (Å²) in [5, 5.41) is 5.53. The van der Waals surface area contributed by atoms with Gasteiger partial charge in [0.15, 0.2) is 0 Å². The van der Waals surface area contributed by atoms with Crippen molar-refractivity contribution in [2.45, 2.75) is 57.2 Å². The zero-order valence-electron chi connectivity index (χ0n) is 15.9. The monoisotopic (exact) mass is 392 g/mol. The first kappa shape index (κ1) is 18.8. The van der Waals surface area contributed by atoms with Crippen LogP contribution in [-0.2, 0) is 9.53 Å². The number of nitrogens with zero attached hydrogens (tertiary/aromatic N) is 3. The molecule has 8 heteroatoms. The molecule has 148 valence electrons. The zero-order valence-corrected chi connectivity index (χ0v) is 16.7. The molecule has 3 aliphatic rings. The number of ether oxygens (including phenoxy) is 1. The lowest BCUT2D eigenvalue weighted by atomic mass is 9.89. The van der Waals surface area contributed by atoms with Crippen LogP contribution in [0.5, 0.6) is 0 Å². The van der Waals surface area contributed by atoms with Gasteiger partial charge in [-0.1, -0.05) is 6.42 Å². The Kier molecular flexibility index (Phi) is 5.75. The van der Waals surface area contributed by atoms with Gasteiger partial charge in [-0.2, -0.15) is 0 Å². The van der Waals surface area contributed by atoms with E-state index >= 15 is 0 Å². The molecule has 3 fully saturated rings. The Balaban J connectivity index is 1.26. The first-order valence-corrected chi connectivity index (χ1v) is 10.8. The van der Waals surface area contributed by atoms with Crippen LogP contribution in [0.25, 0.3) is 0 Å². The molecule has 1 aliphatic carbocycles. The molecule has 7 nitrogen and oxygen atoms in total. The number of carbonyl (C=O) groups excluding carboxylic acids is 2. The maximum Gasteiger partial charge on any atom is 0.270 e. The van der Waals surface area contributed by atoms with Gasteiger partial charge < -0.3 is 19.9 Å². The second kappa shape index (κ2) is 8.24. The molecule has 1 saturated carbocycles. The van der Waals surface area contributed by atoms with E-state index in [0.717, 1.165) is 37.0 Å². The highest BCUT2D eigenvalue weighted by molar-refractivity contribution is 7.09. The van der Waals surface area contributed by atoms with Crippen molar-refractivity contribution in [3.8, 4) is 0 Å². The number of likely N-dealkylation sites (tertiary alicyclic amines) is 1. The molecule has 2 saturated heterocycles. The minimum absolute atomic E-state index is 0.0785. The highest BCUT2D eigenvalue weighted by Crippen LogP contribution is 2.29. The van der Waals surface area contributed by atoms with E-state index in [0.29, 0.717) is 24.8 Å². The first-order chi connectivity index (χ1) is 13.1. The van der Waals surface area contributed by atoms with Crippen molar-refractivity contribution < 1.29 is 14.3 Å². The van der Waals surface area contributed by atoms with Crippen LogP contribution in [0.2, 0.25) is 0 Å². The van der Waals surface area contributed by atoms with Gasteiger partial charge in [0.1, 0.15) is 12.3 Å². The first-order valence-electron chi connectivity index (χ1n) is 9.95. The summed E-state index contributed by atoms with van der Waals surface area (Å²) in [5.41, 5.74) is 0.449. The van der Waals surface area contributed by atoms with Gasteiger partial charge in [-0.05, 0) is 32.6 Å². The second-order valence-electron chi connectivity index (χ2n) is 7.79. The lowest BCUT2D eigenvalue weighted by Crippen LogP contribution is -2.57. The minimum atomic E-state index is -0.180. The molecule has 0 aromatic carbocycles. The summed E-state index contributed by atoms with van der Waals surface area (Å²) in [7, 11) is 0. The maximum atomic E-state index is 12.4. The van der Waals surface area contributed by atoms with E-state index < -0.39 is 0 Å². The topological polar surface area (TPSA) is 74.8 Å². The number of rotatable bonds is 5. The van der Waals surface area contributed by atoms with Gasteiger partial charge in [-0.25, -0.2) is 4.98 Å². The molecule has 2 amide bonds.